The predicted octanol–water partition coefficient (Wildman–Crippen LogP) is 4.58. The van der Waals surface area contributed by atoms with Gasteiger partial charge in [0.05, 0.1) is 0 Å². The lowest BCUT2D eigenvalue weighted by Crippen LogP contribution is -2.10. The van der Waals surface area contributed by atoms with Gasteiger partial charge in [-0.05, 0) is 28.5 Å². The van der Waals surface area contributed by atoms with E-state index < -0.39 is 0 Å². The van der Waals surface area contributed by atoms with Crippen LogP contribution in [0.4, 0.5) is 0 Å². The Morgan fingerprint density at radius 3 is 2.53 bits per heavy atom. The highest BCUT2D eigenvalue weighted by Crippen LogP contribution is 2.41. The van der Waals surface area contributed by atoms with E-state index in [0.717, 1.165) is 0 Å². The summed E-state index contributed by atoms with van der Waals surface area (Å²) in [5.74, 6) is 1.64. The van der Waals surface area contributed by atoms with E-state index in [1.165, 1.54) is 16.7 Å². The van der Waals surface area contributed by atoms with Crippen LogP contribution in [-0.4, -0.2) is 0 Å². The molecule has 1 aromatic carbocycles. The number of benzene rings is 1. The Hall–Kier alpha value is -1.56. The summed E-state index contributed by atoms with van der Waals surface area (Å²) in [7, 11) is 0. The first-order valence-corrected chi connectivity index (χ1v) is 6.43. The average Bonchev–Trinajstić information content (AvgIpc) is 2.48. The van der Waals surface area contributed by atoms with Gasteiger partial charge in [-0.2, -0.15) is 0 Å². The zero-order valence-electron chi connectivity index (χ0n) is 10.4. The number of fused-ring (bicyclic) bond motifs is 2. The third-order valence-electron chi connectivity index (χ3n) is 4.06. The van der Waals surface area contributed by atoms with E-state index in [9.17, 15) is 0 Å². The molecule has 0 saturated carbocycles. The molecular formula is C17H18. The van der Waals surface area contributed by atoms with Gasteiger partial charge < -0.3 is 0 Å². The van der Waals surface area contributed by atoms with E-state index in [0.29, 0.717) is 17.8 Å². The summed E-state index contributed by atoms with van der Waals surface area (Å²) in [4.78, 5) is 0. The van der Waals surface area contributed by atoms with Crippen LogP contribution in [0.15, 0.2) is 60.2 Å². The lowest BCUT2D eigenvalue weighted by molar-refractivity contribution is 0.626. The third kappa shape index (κ3) is 1.68. The van der Waals surface area contributed by atoms with E-state index in [1.54, 1.807) is 0 Å². The Morgan fingerprint density at radius 1 is 0.941 bits per heavy atom. The van der Waals surface area contributed by atoms with Gasteiger partial charge >= 0.3 is 0 Å². The van der Waals surface area contributed by atoms with Crippen LogP contribution in [0, 0.1) is 5.92 Å². The van der Waals surface area contributed by atoms with Crippen molar-refractivity contribution in [2.75, 3.05) is 0 Å². The van der Waals surface area contributed by atoms with Gasteiger partial charge in [0.25, 0.3) is 0 Å². The standard InChI is InChI=1S/C17H18/c1-12-11-14-7-3-4-9-16(14)13(2)17-10-6-5-8-15(12)17/h3-13,16H,1-2H3/t12-,13?,16?/m0/s1. The van der Waals surface area contributed by atoms with Crippen molar-refractivity contribution in [2.24, 2.45) is 5.92 Å². The third-order valence-corrected chi connectivity index (χ3v) is 4.06. The monoisotopic (exact) mass is 222 g/mol. The maximum atomic E-state index is 2.42. The van der Waals surface area contributed by atoms with Crippen LogP contribution >= 0.6 is 0 Å². The van der Waals surface area contributed by atoms with Gasteiger partial charge in [0.1, 0.15) is 0 Å². The minimum absolute atomic E-state index is 0.518. The first kappa shape index (κ1) is 10.6. The quantitative estimate of drug-likeness (QED) is 0.603. The highest BCUT2D eigenvalue weighted by atomic mass is 14.3. The summed E-state index contributed by atoms with van der Waals surface area (Å²) in [5, 5.41) is 0. The summed E-state index contributed by atoms with van der Waals surface area (Å²) in [6.07, 6.45) is 11.4. The van der Waals surface area contributed by atoms with Crippen molar-refractivity contribution in [1.82, 2.24) is 0 Å². The highest BCUT2D eigenvalue weighted by molar-refractivity contribution is 5.46. The molecule has 0 amide bonds. The Kier molecular flexibility index (Phi) is 2.51. The zero-order valence-corrected chi connectivity index (χ0v) is 10.4. The molecule has 86 valence electrons. The fourth-order valence-corrected chi connectivity index (χ4v) is 3.11. The second-order valence-electron chi connectivity index (χ2n) is 5.14. The Morgan fingerprint density at radius 2 is 1.71 bits per heavy atom. The van der Waals surface area contributed by atoms with Crippen LogP contribution < -0.4 is 0 Å². The molecule has 0 heteroatoms. The van der Waals surface area contributed by atoms with Crippen molar-refractivity contribution in [1.29, 1.82) is 0 Å². The molecule has 1 aromatic rings. The molecule has 0 heterocycles. The lowest BCUT2D eigenvalue weighted by Gasteiger charge is -2.23. The minimum Gasteiger partial charge on any atom is -0.0764 e. The second kappa shape index (κ2) is 4.03. The van der Waals surface area contributed by atoms with Gasteiger partial charge in [0, 0.05) is 5.92 Å². The molecule has 3 atom stereocenters. The Balaban J connectivity index is 2.17. The second-order valence-corrected chi connectivity index (χ2v) is 5.14. The summed E-state index contributed by atoms with van der Waals surface area (Å²) in [6.45, 7) is 4.64. The van der Waals surface area contributed by atoms with Gasteiger partial charge in [-0.25, -0.2) is 0 Å². The zero-order chi connectivity index (χ0) is 11.8. The molecule has 0 saturated heterocycles. The molecule has 2 aliphatic rings. The van der Waals surface area contributed by atoms with Gasteiger partial charge in [-0.1, -0.05) is 68.5 Å². The number of allylic oxidation sites excluding steroid dienone is 6. The minimum atomic E-state index is 0.518. The van der Waals surface area contributed by atoms with Crippen LogP contribution in [-0.2, 0) is 0 Å². The molecule has 0 N–H and O–H groups in total. The first-order valence-electron chi connectivity index (χ1n) is 6.43. The molecule has 0 nitrogen and oxygen atoms in total. The fourth-order valence-electron chi connectivity index (χ4n) is 3.11. The van der Waals surface area contributed by atoms with Crippen LogP contribution in [0.25, 0.3) is 0 Å². The SMILES string of the molecule is CC1c2ccccc2[C@@H](C)C=C2C=CC=CC21. The van der Waals surface area contributed by atoms with Crippen LogP contribution in [0.1, 0.15) is 36.8 Å². The summed E-state index contributed by atoms with van der Waals surface area (Å²) < 4.78 is 0. The van der Waals surface area contributed by atoms with Gasteiger partial charge in [-0.3, -0.25) is 0 Å². The molecule has 0 aromatic heterocycles. The van der Waals surface area contributed by atoms with Crippen LogP contribution in [0.3, 0.4) is 0 Å². The predicted molar refractivity (Wildman–Crippen MR) is 73.1 cm³/mol. The summed E-state index contributed by atoms with van der Waals surface area (Å²) in [6, 6.07) is 8.88. The molecule has 0 bridgehead atoms. The van der Waals surface area contributed by atoms with Gasteiger partial charge in [0.15, 0.2) is 0 Å². The molecule has 17 heavy (non-hydrogen) atoms. The molecule has 0 spiro atoms. The number of rotatable bonds is 0. The van der Waals surface area contributed by atoms with E-state index >= 15 is 0 Å². The Bertz CT molecular complexity index is 517. The fraction of sp³-hybridized carbons (Fsp3) is 0.294. The molecule has 0 fully saturated rings. The van der Waals surface area contributed by atoms with Gasteiger partial charge in [0.2, 0.25) is 0 Å². The molecular weight excluding hydrogens is 204 g/mol. The van der Waals surface area contributed by atoms with E-state index in [4.69, 9.17) is 0 Å². The summed E-state index contributed by atoms with van der Waals surface area (Å²) >= 11 is 0. The largest absolute Gasteiger partial charge is 0.0764 e. The normalized spacial score (nSPS) is 30.2. The van der Waals surface area contributed by atoms with Crippen molar-refractivity contribution in [3.05, 3.63) is 71.3 Å². The molecule has 0 radical (unpaired) electrons. The maximum Gasteiger partial charge on any atom is 0.00843 e. The molecule has 3 rings (SSSR count). The number of hydrogen-bond donors (Lipinski definition) is 0. The van der Waals surface area contributed by atoms with Crippen molar-refractivity contribution in [3.8, 4) is 0 Å². The molecule has 2 aliphatic carbocycles. The summed E-state index contributed by atoms with van der Waals surface area (Å²) in [5.41, 5.74) is 4.48. The van der Waals surface area contributed by atoms with Crippen molar-refractivity contribution in [3.63, 3.8) is 0 Å². The van der Waals surface area contributed by atoms with Crippen molar-refractivity contribution < 1.29 is 0 Å². The lowest BCUT2D eigenvalue weighted by atomic mass is 9.81. The van der Waals surface area contributed by atoms with E-state index in [2.05, 4.69) is 68.5 Å². The average molecular weight is 222 g/mol. The van der Waals surface area contributed by atoms with Crippen molar-refractivity contribution in [2.45, 2.75) is 25.7 Å². The molecule has 2 unspecified atom stereocenters. The maximum absolute atomic E-state index is 2.42. The first-order chi connectivity index (χ1) is 8.27. The van der Waals surface area contributed by atoms with Crippen LogP contribution in [0.2, 0.25) is 0 Å². The van der Waals surface area contributed by atoms with Crippen molar-refractivity contribution >= 4 is 0 Å². The molecule has 0 aliphatic heterocycles. The Labute approximate surface area is 103 Å². The van der Waals surface area contributed by atoms with E-state index in [1.807, 2.05) is 0 Å². The van der Waals surface area contributed by atoms with Gasteiger partial charge in [-0.15, -0.1) is 0 Å². The topological polar surface area (TPSA) is 0 Å². The highest BCUT2D eigenvalue weighted by Gasteiger charge is 2.26. The van der Waals surface area contributed by atoms with E-state index in [-0.39, 0.29) is 0 Å². The van der Waals surface area contributed by atoms with Crippen LogP contribution in [0.5, 0.6) is 0 Å². The smallest absolute Gasteiger partial charge is 0.00843 e. The number of hydrogen-bond acceptors (Lipinski definition) is 0.